The van der Waals surface area contributed by atoms with E-state index in [0.29, 0.717) is 0 Å². The second-order valence-electron chi connectivity index (χ2n) is 8.96. The SMILES string of the molecule is CCN1CCC(CCc2noc3c(CN(C)C)c(OCC4CC4)ccc23)CC1. The van der Waals surface area contributed by atoms with Gasteiger partial charge in [-0.3, -0.25) is 0 Å². The third-order valence-electron chi connectivity index (χ3n) is 6.37. The molecule has 4 rings (SSSR count). The van der Waals surface area contributed by atoms with Gasteiger partial charge in [-0.1, -0.05) is 12.1 Å². The van der Waals surface area contributed by atoms with E-state index in [9.17, 15) is 0 Å². The lowest BCUT2D eigenvalue weighted by molar-refractivity contribution is 0.186. The standard InChI is InChI=1S/C23H35N3O2/c1-4-26-13-11-17(12-14-26)7-9-21-19-8-10-22(27-16-18-5-6-18)20(15-25(2)3)23(19)28-24-21/h8,10,17-18H,4-7,9,11-16H2,1-3H3. The predicted octanol–water partition coefficient (Wildman–Crippen LogP) is 4.34. The lowest BCUT2D eigenvalue weighted by atomic mass is 9.91. The van der Waals surface area contributed by atoms with Crippen LogP contribution in [-0.4, -0.2) is 55.3 Å². The molecule has 154 valence electrons. The quantitative estimate of drug-likeness (QED) is 0.642. The molecule has 28 heavy (non-hydrogen) atoms. The highest BCUT2D eigenvalue weighted by molar-refractivity contribution is 5.84. The van der Waals surface area contributed by atoms with Crippen molar-refractivity contribution in [2.24, 2.45) is 11.8 Å². The molecule has 5 nitrogen and oxygen atoms in total. The molecule has 1 saturated carbocycles. The summed E-state index contributed by atoms with van der Waals surface area (Å²) in [5.74, 6) is 2.52. The molecule has 0 atom stereocenters. The molecular formula is C23H35N3O2. The van der Waals surface area contributed by atoms with E-state index in [1.807, 2.05) is 0 Å². The molecule has 1 aromatic carbocycles. The van der Waals surface area contributed by atoms with Crippen molar-refractivity contribution in [2.75, 3.05) is 40.3 Å². The fraction of sp³-hybridized carbons (Fsp3) is 0.696. The fourth-order valence-corrected chi connectivity index (χ4v) is 4.30. The van der Waals surface area contributed by atoms with Crippen LogP contribution in [0, 0.1) is 11.8 Å². The molecular weight excluding hydrogens is 350 g/mol. The maximum Gasteiger partial charge on any atom is 0.175 e. The largest absolute Gasteiger partial charge is 0.493 e. The summed E-state index contributed by atoms with van der Waals surface area (Å²) >= 11 is 0. The predicted molar refractivity (Wildman–Crippen MR) is 113 cm³/mol. The van der Waals surface area contributed by atoms with E-state index < -0.39 is 0 Å². The van der Waals surface area contributed by atoms with E-state index in [1.165, 1.54) is 57.1 Å². The van der Waals surface area contributed by atoms with Crippen LogP contribution >= 0.6 is 0 Å². The van der Waals surface area contributed by atoms with Crippen LogP contribution in [0.2, 0.25) is 0 Å². The number of rotatable bonds is 9. The third kappa shape index (κ3) is 4.69. The highest BCUT2D eigenvalue weighted by Crippen LogP contribution is 2.35. The Bertz CT molecular complexity index is 773. The topological polar surface area (TPSA) is 41.7 Å². The molecule has 0 N–H and O–H groups in total. The number of benzene rings is 1. The monoisotopic (exact) mass is 385 g/mol. The van der Waals surface area contributed by atoms with Gasteiger partial charge in [0.15, 0.2) is 5.58 Å². The number of fused-ring (bicyclic) bond motifs is 1. The summed E-state index contributed by atoms with van der Waals surface area (Å²) in [5.41, 5.74) is 3.16. The van der Waals surface area contributed by atoms with Gasteiger partial charge in [-0.05, 0) is 96.2 Å². The highest BCUT2D eigenvalue weighted by Gasteiger charge is 2.24. The molecule has 0 spiro atoms. The highest BCUT2D eigenvalue weighted by atomic mass is 16.5. The van der Waals surface area contributed by atoms with Crippen LogP contribution in [0.1, 0.15) is 50.3 Å². The average molecular weight is 386 g/mol. The van der Waals surface area contributed by atoms with Crippen LogP contribution in [0.4, 0.5) is 0 Å². The van der Waals surface area contributed by atoms with Gasteiger partial charge >= 0.3 is 0 Å². The van der Waals surface area contributed by atoms with Gasteiger partial charge in [-0.15, -0.1) is 0 Å². The van der Waals surface area contributed by atoms with Crippen molar-refractivity contribution in [1.82, 2.24) is 15.0 Å². The van der Waals surface area contributed by atoms with Gasteiger partial charge in [0.2, 0.25) is 0 Å². The van der Waals surface area contributed by atoms with E-state index >= 15 is 0 Å². The van der Waals surface area contributed by atoms with E-state index in [-0.39, 0.29) is 0 Å². The van der Waals surface area contributed by atoms with Crippen LogP contribution in [0.3, 0.4) is 0 Å². The normalized spacial score (nSPS) is 19.0. The number of hydrogen-bond donors (Lipinski definition) is 0. The Balaban J connectivity index is 1.47. The summed E-state index contributed by atoms with van der Waals surface area (Å²) in [6.45, 7) is 7.56. The molecule has 2 aliphatic rings. The molecule has 0 radical (unpaired) electrons. The number of aromatic nitrogens is 1. The minimum atomic E-state index is 0.743. The second-order valence-corrected chi connectivity index (χ2v) is 8.96. The van der Waals surface area contributed by atoms with E-state index in [1.54, 1.807) is 0 Å². The molecule has 2 fully saturated rings. The Morgan fingerprint density at radius 1 is 1.14 bits per heavy atom. The van der Waals surface area contributed by atoms with Gasteiger partial charge in [-0.2, -0.15) is 0 Å². The summed E-state index contributed by atoms with van der Waals surface area (Å²) < 4.78 is 12.0. The van der Waals surface area contributed by atoms with Gasteiger partial charge in [0.25, 0.3) is 0 Å². The third-order valence-corrected chi connectivity index (χ3v) is 6.37. The first-order valence-corrected chi connectivity index (χ1v) is 11.0. The van der Waals surface area contributed by atoms with Crippen molar-refractivity contribution in [3.05, 3.63) is 23.4 Å². The number of ether oxygens (including phenoxy) is 1. The van der Waals surface area contributed by atoms with E-state index in [2.05, 4.69) is 48.1 Å². The zero-order valence-electron chi connectivity index (χ0n) is 17.7. The number of hydrogen-bond acceptors (Lipinski definition) is 5. The summed E-state index contributed by atoms with van der Waals surface area (Å²) in [6, 6.07) is 4.28. The van der Waals surface area contributed by atoms with Crippen LogP contribution in [-0.2, 0) is 13.0 Å². The molecule has 0 amide bonds. The Labute approximate surface area is 169 Å². The Hall–Kier alpha value is -1.59. The van der Waals surface area contributed by atoms with Crippen molar-refractivity contribution in [3.63, 3.8) is 0 Å². The van der Waals surface area contributed by atoms with Gasteiger partial charge in [0.1, 0.15) is 5.75 Å². The molecule has 2 heterocycles. The summed E-state index contributed by atoms with van der Waals surface area (Å²) in [6.07, 6.45) is 7.45. The molecule has 1 aliphatic carbocycles. The first-order valence-electron chi connectivity index (χ1n) is 11.0. The van der Waals surface area contributed by atoms with E-state index in [0.717, 1.165) is 54.0 Å². The average Bonchev–Trinajstić information content (AvgIpc) is 3.44. The lowest BCUT2D eigenvalue weighted by Crippen LogP contribution is -2.33. The zero-order valence-corrected chi connectivity index (χ0v) is 17.7. The smallest absolute Gasteiger partial charge is 0.175 e. The Kier molecular flexibility index (Phi) is 6.22. The van der Waals surface area contributed by atoms with Crippen molar-refractivity contribution in [2.45, 2.75) is 52.0 Å². The number of likely N-dealkylation sites (tertiary alicyclic amines) is 1. The molecule has 1 aliphatic heterocycles. The summed E-state index contributed by atoms with van der Waals surface area (Å²) in [4.78, 5) is 4.72. The molecule has 5 heteroatoms. The first-order chi connectivity index (χ1) is 13.6. The van der Waals surface area contributed by atoms with Gasteiger partial charge in [-0.25, -0.2) is 0 Å². The maximum absolute atomic E-state index is 6.14. The van der Waals surface area contributed by atoms with Crippen LogP contribution in [0.25, 0.3) is 11.0 Å². The van der Waals surface area contributed by atoms with Crippen molar-refractivity contribution < 1.29 is 9.26 Å². The first kappa shape index (κ1) is 19.7. The molecule has 2 aromatic rings. The Morgan fingerprint density at radius 3 is 2.61 bits per heavy atom. The van der Waals surface area contributed by atoms with E-state index in [4.69, 9.17) is 9.26 Å². The number of aryl methyl sites for hydroxylation is 1. The second kappa shape index (κ2) is 8.83. The van der Waals surface area contributed by atoms with Crippen LogP contribution < -0.4 is 4.74 Å². The van der Waals surface area contributed by atoms with Crippen LogP contribution in [0.5, 0.6) is 5.75 Å². The molecule has 0 bridgehead atoms. The maximum atomic E-state index is 6.14. The van der Waals surface area contributed by atoms with Gasteiger partial charge in [0.05, 0.1) is 17.9 Å². The minimum Gasteiger partial charge on any atom is -0.493 e. The molecule has 0 unspecified atom stereocenters. The lowest BCUT2D eigenvalue weighted by Gasteiger charge is -2.30. The minimum absolute atomic E-state index is 0.743. The Morgan fingerprint density at radius 2 is 1.93 bits per heavy atom. The molecule has 1 aromatic heterocycles. The van der Waals surface area contributed by atoms with Crippen molar-refractivity contribution >= 4 is 11.0 Å². The fourth-order valence-electron chi connectivity index (χ4n) is 4.30. The summed E-state index contributed by atoms with van der Waals surface area (Å²) in [7, 11) is 4.17. The van der Waals surface area contributed by atoms with Gasteiger partial charge < -0.3 is 19.1 Å². The van der Waals surface area contributed by atoms with Crippen molar-refractivity contribution in [3.8, 4) is 5.75 Å². The van der Waals surface area contributed by atoms with Gasteiger partial charge in [0, 0.05) is 11.9 Å². The number of piperidine rings is 1. The zero-order chi connectivity index (χ0) is 19.5. The number of nitrogens with zero attached hydrogens (tertiary/aromatic N) is 3. The van der Waals surface area contributed by atoms with Crippen molar-refractivity contribution in [1.29, 1.82) is 0 Å². The van der Waals surface area contributed by atoms with Crippen LogP contribution in [0.15, 0.2) is 16.7 Å². The summed E-state index contributed by atoms with van der Waals surface area (Å²) in [5, 5.41) is 5.64. The molecule has 1 saturated heterocycles.